The van der Waals surface area contributed by atoms with Gasteiger partial charge >= 0.3 is 5.69 Å². The lowest BCUT2D eigenvalue weighted by Crippen LogP contribution is -2.20. The van der Waals surface area contributed by atoms with Crippen LogP contribution in [0.25, 0.3) is 0 Å². The number of rotatable bonds is 6. The van der Waals surface area contributed by atoms with Gasteiger partial charge in [0.1, 0.15) is 19.5 Å². The van der Waals surface area contributed by atoms with Crippen molar-refractivity contribution in [2.45, 2.75) is 6.54 Å². The first-order chi connectivity index (χ1) is 14.1. The maximum Gasteiger partial charge on any atom is 0.353 e. The van der Waals surface area contributed by atoms with Crippen LogP contribution in [0.4, 0.5) is 23.0 Å². The number of aromatic nitrogens is 2. The standard InChI is InChI=1S/C20H19N5O4/c1-24(12-14-5-3-2-4-6-14)20-18(25(26)27)19(21-13-22-20)23-15-7-8-16-17(11-15)29-10-9-28-16/h2-8,11,13H,9-10,12H2,1H3,(H,21,22,23). The van der Waals surface area contributed by atoms with Crippen LogP contribution < -0.4 is 19.7 Å². The Morgan fingerprint density at radius 2 is 1.86 bits per heavy atom. The molecule has 1 aromatic heterocycles. The first-order valence-corrected chi connectivity index (χ1v) is 9.03. The van der Waals surface area contributed by atoms with Crippen LogP contribution in [0.15, 0.2) is 54.9 Å². The Kier molecular flexibility index (Phi) is 5.10. The summed E-state index contributed by atoms with van der Waals surface area (Å²) >= 11 is 0. The average Bonchev–Trinajstić information content (AvgIpc) is 2.74. The summed E-state index contributed by atoms with van der Waals surface area (Å²) in [5.41, 5.74) is 1.43. The SMILES string of the molecule is CN(Cc1ccccc1)c1ncnc(Nc2ccc3c(c2)OCCO3)c1[N+](=O)[O-]. The van der Waals surface area contributed by atoms with Crippen molar-refractivity contribution in [3.63, 3.8) is 0 Å². The van der Waals surface area contributed by atoms with E-state index in [4.69, 9.17) is 9.47 Å². The van der Waals surface area contributed by atoms with Crippen LogP contribution >= 0.6 is 0 Å². The van der Waals surface area contributed by atoms with Crippen LogP contribution in [-0.2, 0) is 6.54 Å². The molecule has 0 bridgehead atoms. The smallest absolute Gasteiger partial charge is 0.353 e. The molecule has 1 aliphatic heterocycles. The number of nitrogens with one attached hydrogen (secondary N) is 1. The topological polar surface area (TPSA) is 103 Å². The molecule has 9 heteroatoms. The van der Waals surface area contributed by atoms with Gasteiger partial charge in [0.05, 0.1) is 4.92 Å². The van der Waals surface area contributed by atoms with Crippen LogP contribution in [0.1, 0.15) is 5.56 Å². The molecule has 0 saturated heterocycles. The fourth-order valence-electron chi connectivity index (χ4n) is 3.10. The second-order valence-electron chi connectivity index (χ2n) is 6.48. The fourth-order valence-corrected chi connectivity index (χ4v) is 3.10. The summed E-state index contributed by atoms with van der Waals surface area (Å²) in [4.78, 5) is 21.3. The predicted molar refractivity (Wildman–Crippen MR) is 108 cm³/mol. The van der Waals surface area contributed by atoms with E-state index in [0.717, 1.165) is 5.56 Å². The number of ether oxygens (including phenoxy) is 2. The van der Waals surface area contributed by atoms with Crippen molar-refractivity contribution >= 4 is 23.0 Å². The lowest BCUT2D eigenvalue weighted by atomic mass is 10.2. The number of hydrogen-bond acceptors (Lipinski definition) is 8. The molecule has 9 nitrogen and oxygen atoms in total. The number of hydrogen-bond donors (Lipinski definition) is 1. The quantitative estimate of drug-likeness (QED) is 0.501. The third kappa shape index (κ3) is 4.03. The first-order valence-electron chi connectivity index (χ1n) is 9.03. The van der Waals surface area contributed by atoms with Gasteiger partial charge in [-0.1, -0.05) is 30.3 Å². The van der Waals surface area contributed by atoms with Crippen molar-refractivity contribution in [2.24, 2.45) is 0 Å². The minimum Gasteiger partial charge on any atom is -0.486 e. The van der Waals surface area contributed by atoms with Gasteiger partial charge in [-0.05, 0) is 17.7 Å². The maximum atomic E-state index is 11.8. The molecule has 0 fully saturated rings. The Balaban J connectivity index is 1.64. The van der Waals surface area contributed by atoms with Gasteiger partial charge in [-0.15, -0.1) is 0 Å². The normalized spacial score (nSPS) is 12.3. The molecule has 29 heavy (non-hydrogen) atoms. The van der Waals surface area contributed by atoms with E-state index in [0.29, 0.717) is 36.9 Å². The van der Waals surface area contributed by atoms with Crippen molar-refractivity contribution in [3.05, 3.63) is 70.5 Å². The number of anilines is 3. The zero-order chi connectivity index (χ0) is 20.2. The zero-order valence-corrected chi connectivity index (χ0v) is 15.7. The van der Waals surface area contributed by atoms with E-state index >= 15 is 0 Å². The molecule has 0 spiro atoms. The lowest BCUT2D eigenvalue weighted by molar-refractivity contribution is -0.383. The Morgan fingerprint density at radius 1 is 1.10 bits per heavy atom. The van der Waals surface area contributed by atoms with Gasteiger partial charge in [0.25, 0.3) is 0 Å². The average molecular weight is 393 g/mol. The predicted octanol–water partition coefficient (Wildman–Crippen LogP) is 3.54. The van der Waals surface area contributed by atoms with Gasteiger partial charge < -0.3 is 19.7 Å². The molecule has 3 aromatic rings. The lowest BCUT2D eigenvalue weighted by Gasteiger charge is -2.20. The molecule has 0 unspecified atom stereocenters. The van der Waals surface area contributed by atoms with Crippen molar-refractivity contribution in [1.29, 1.82) is 0 Å². The zero-order valence-electron chi connectivity index (χ0n) is 15.7. The van der Waals surface area contributed by atoms with Crippen LogP contribution in [0.5, 0.6) is 11.5 Å². The summed E-state index contributed by atoms with van der Waals surface area (Å²) in [5.74, 6) is 1.56. The van der Waals surface area contributed by atoms with Crippen LogP contribution in [-0.4, -0.2) is 35.2 Å². The molecule has 1 N–H and O–H groups in total. The van der Waals surface area contributed by atoms with E-state index in [9.17, 15) is 10.1 Å². The van der Waals surface area contributed by atoms with Crippen molar-refractivity contribution in [1.82, 2.24) is 9.97 Å². The summed E-state index contributed by atoms with van der Waals surface area (Å²) in [6, 6.07) is 14.9. The Labute approximate surface area is 167 Å². The third-order valence-corrected chi connectivity index (χ3v) is 4.41. The van der Waals surface area contributed by atoms with Gasteiger partial charge in [-0.3, -0.25) is 10.1 Å². The van der Waals surface area contributed by atoms with Gasteiger partial charge in [0, 0.05) is 25.3 Å². The Morgan fingerprint density at radius 3 is 2.62 bits per heavy atom. The first kappa shape index (κ1) is 18.5. The highest BCUT2D eigenvalue weighted by Crippen LogP contribution is 2.37. The van der Waals surface area contributed by atoms with Crippen molar-refractivity contribution < 1.29 is 14.4 Å². The second-order valence-corrected chi connectivity index (χ2v) is 6.48. The van der Waals surface area contributed by atoms with E-state index in [-0.39, 0.29) is 17.3 Å². The third-order valence-electron chi connectivity index (χ3n) is 4.41. The van der Waals surface area contributed by atoms with Gasteiger partial charge in [0.2, 0.25) is 11.6 Å². The molecular formula is C20H19N5O4. The van der Waals surface area contributed by atoms with Crippen LogP contribution in [0.3, 0.4) is 0 Å². The molecule has 2 aromatic carbocycles. The van der Waals surface area contributed by atoms with E-state index < -0.39 is 4.92 Å². The van der Waals surface area contributed by atoms with Gasteiger partial charge in [0.15, 0.2) is 11.5 Å². The molecule has 0 aliphatic carbocycles. The highest BCUT2D eigenvalue weighted by atomic mass is 16.6. The molecule has 2 heterocycles. The van der Waals surface area contributed by atoms with Crippen LogP contribution in [0.2, 0.25) is 0 Å². The number of fused-ring (bicyclic) bond motifs is 1. The highest BCUT2D eigenvalue weighted by molar-refractivity contribution is 5.75. The molecule has 4 rings (SSSR count). The molecule has 0 amide bonds. The van der Waals surface area contributed by atoms with Gasteiger partial charge in [-0.2, -0.15) is 0 Å². The molecular weight excluding hydrogens is 374 g/mol. The summed E-state index contributed by atoms with van der Waals surface area (Å²) in [6.45, 7) is 1.43. The Bertz CT molecular complexity index is 1030. The van der Waals surface area contributed by atoms with E-state index in [1.54, 1.807) is 30.1 Å². The highest BCUT2D eigenvalue weighted by Gasteiger charge is 2.26. The van der Waals surface area contributed by atoms with Crippen LogP contribution in [0, 0.1) is 10.1 Å². The monoisotopic (exact) mass is 393 g/mol. The van der Waals surface area contributed by atoms with Crippen molar-refractivity contribution in [3.8, 4) is 11.5 Å². The molecule has 0 atom stereocenters. The summed E-state index contributed by atoms with van der Waals surface area (Å²) in [6.07, 6.45) is 1.31. The molecule has 148 valence electrons. The fraction of sp³-hybridized carbons (Fsp3) is 0.200. The number of nitrogens with zero attached hydrogens (tertiary/aromatic N) is 4. The summed E-state index contributed by atoms with van der Waals surface area (Å²) < 4.78 is 11.1. The van der Waals surface area contributed by atoms with Crippen molar-refractivity contribution in [2.75, 3.05) is 30.5 Å². The largest absolute Gasteiger partial charge is 0.486 e. The maximum absolute atomic E-state index is 11.8. The minimum absolute atomic E-state index is 0.108. The number of benzene rings is 2. The van der Waals surface area contributed by atoms with Gasteiger partial charge in [-0.25, -0.2) is 9.97 Å². The summed E-state index contributed by atoms with van der Waals surface area (Å²) in [7, 11) is 1.76. The van der Waals surface area contributed by atoms with E-state index in [1.807, 2.05) is 30.3 Å². The van der Waals surface area contributed by atoms with E-state index in [2.05, 4.69) is 15.3 Å². The molecule has 1 aliphatic rings. The summed E-state index contributed by atoms with van der Waals surface area (Å²) in [5, 5.41) is 14.8. The molecule has 0 saturated carbocycles. The Hall–Kier alpha value is -3.88. The minimum atomic E-state index is -0.475. The second kappa shape index (κ2) is 8.01. The number of nitro groups is 1. The molecule has 0 radical (unpaired) electrons. The van der Waals surface area contributed by atoms with E-state index in [1.165, 1.54) is 6.33 Å².